The van der Waals surface area contributed by atoms with Gasteiger partial charge in [0, 0.05) is 0 Å². The molecule has 0 radical (unpaired) electrons. The van der Waals surface area contributed by atoms with E-state index in [0.717, 1.165) is 0 Å². The molecule has 4 heteroatoms. The van der Waals surface area contributed by atoms with Crippen molar-refractivity contribution in [3.05, 3.63) is 12.4 Å². The van der Waals surface area contributed by atoms with Crippen LogP contribution in [0.15, 0.2) is 12.4 Å². The van der Waals surface area contributed by atoms with E-state index in [0.29, 0.717) is 0 Å². The first kappa shape index (κ1) is 3.67. The Bertz CT molecular complexity index is 112. The van der Waals surface area contributed by atoms with Gasteiger partial charge in [-0.1, -0.05) is 5.21 Å². The lowest BCUT2D eigenvalue weighted by atomic mass is 11.0. The Hall–Kier alpha value is -0.510. The van der Waals surface area contributed by atoms with Gasteiger partial charge in [-0.25, -0.2) is 0 Å². The molecule has 0 amide bonds. The summed E-state index contributed by atoms with van der Waals surface area (Å²) in [5.41, 5.74) is 0. The zero-order valence-corrected chi connectivity index (χ0v) is 3.84. The average Bonchev–Trinajstić information content (AvgIpc) is 1.86. The van der Waals surface area contributed by atoms with Crippen molar-refractivity contribution in [3.8, 4) is 0 Å². The van der Waals surface area contributed by atoms with Crippen LogP contribution in [0.25, 0.3) is 0 Å². The Kier molecular flexibility index (Phi) is 0.795. The standard InChI is InChI=1S/C2H3N3S/c6-5-2-1-3-4-5/h1-2,6H. The molecule has 6 heavy (non-hydrogen) atoms. The molecule has 1 aromatic rings. The van der Waals surface area contributed by atoms with Crippen molar-refractivity contribution >= 4 is 12.8 Å². The Morgan fingerprint density at radius 3 is 2.67 bits per heavy atom. The van der Waals surface area contributed by atoms with E-state index in [2.05, 4.69) is 23.1 Å². The first-order valence-corrected chi connectivity index (χ1v) is 1.85. The van der Waals surface area contributed by atoms with E-state index >= 15 is 0 Å². The summed E-state index contributed by atoms with van der Waals surface area (Å²) in [6.45, 7) is 0. The molecule has 0 spiro atoms. The minimum Gasteiger partial charge on any atom is -0.197 e. The highest BCUT2D eigenvalue weighted by atomic mass is 32.1. The summed E-state index contributed by atoms with van der Waals surface area (Å²) in [6, 6.07) is 0. The Morgan fingerprint density at radius 1 is 1.67 bits per heavy atom. The molecular formula is C2H3N3S. The predicted molar refractivity (Wildman–Crippen MR) is 24.4 cm³/mol. The van der Waals surface area contributed by atoms with Crippen LogP contribution in [-0.2, 0) is 0 Å². The topological polar surface area (TPSA) is 30.7 Å². The lowest BCUT2D eigenvalue weighted by Crippen LogP contribution is -1.77. The normalized spacial score (nSPS) is 8.83. The van der Waals surface area contributed by atoms with E-state index in [1.54, 1.807) is 12.4 Å². The third kappa shape index (κ3) is 0.514. The maximum absolute atomic E-state index is 3.78. The zero-order valence-electron chi connectivity index (χ0n) is 2.94. The zero-order chi connectivity index (χ0) is 4.41. The van der Waals surface area contributed by atoms with Crippen LogP contribution in [0.4, 0.5) is 0 Å². The maximum Gasteiger partial charge on any atom is 0.0704 e. The second-order valence-electron chi connectivity index (χ2n) is 0.823. The van der Waals surface area contributed by atoms with E-state index in [9.17, 15) is 0 Å². The monoisotopic (exact) mass is 101 g/mol. The third-order valence-corrected chi connectivity index (χ3v) is 0.623. The number of thiol groups is 1. The van der Waals surface area contributed by atoms with Crippen LogP contribution in [0.5, 0.6) is 0 Å². The predicted octanol–water partition coefficient (Wildman–Crippen LogP) is -0.0290. The van der Waals surface area contributed by atoms with E-state index in [1.807, 2.05) is 0 Å². The number of hydrogen-bond acceptors (Lipinski definition) is 3. The van der Waals surface area contributed by atoms with Crippen LogP contribution < -0.4 is 0 Å². The van der Waals surface area contributed by atoms with Gasteiger partial charge in [-0.05, 0) is 12.8 Å². The summed E-state index contributed by atoms with van der Waals surface area (Å²) < 4.78 is 1.33. The Balaban J connectivity index is 3.05. The second kappa shape index (κ2) is 1.30. The second-order valence-corrected chi connectivity index (χ2v) is 1.23. The minimum atomic E-state index is 1.33. The van der Waals surface area contributed by atoms with Gasteiger partial charge in [0.05, 0.1) is 12.4 Å². The summed E-state index contributed by atoms with van der Waals surface area (Å²) >= 11 is 3.78. The quantitative estimate of drug-likeness (QED) is 0.465. The minimum absolute atomic E-state index is 1.33. The van der Waals surface area contributed by atoms with E-state index in [-0.39, 0.29) is 0 Å². The average molecular weight is 101 g/mol. The molecule has 32 valence electrons. The first-order chi connectivity index (χ1) is 2.89. The molecular weight excluding hydrogens is 98.1 g/mol. The molecule has 0 N–H and O–H groups in total. The van der Waals surface area contributed by atoms with Crippen LogP contribution in [0.2, 0.25) is 0 Å². The highest BCUT2D eigenvalue weighted by Gasteiger charge is 1.72. The van der Waals surface area contributed by atoms with Gasteiger partial charge in [0.15, 0.2) is 0 Å². The summed E-state index contributed by atoms with van der Waals surface area (Å²) in [6.07, 6.45) is 3.20. The van der Waals surface area contributed by atoms with Crippen LogP contribution in [0, 0.1) is 0 Å². The maximum atomic E-state index is 3.78. The summed E-state index contributed by atoms with van der Waals surface area (Å²) in [5, 5.41) is 6.91. The number of rotatable bonds is 0. The molecule has 0 saturated carbocycles. The molecule has 0 aliphatic heterocycles. The van der Waals surface area contributed by atoms with Crippen LogP contribution in [0.3, 0.4) is 0 Å². The van der Waals surface area contributed by atoms with Crippen molar-refractivity contribution in [2.24, 2.45) is 0 Å². The fraction of sp³-hybridized carbons (Fsp3) is 0. The summed E-state index contributed by atoms with van der Waals surface area (Å²) in [7, 11) is 0. The van der Waals surface area contributed by atoms with Crippen molar-refractivity contribution in [1.82, 2.24) is 14.4 Å². The number of hydrogen-bond donors (Lipinski definition) is 1. The van der Waals surface area contributed by atoms with E-state index < -0.39 is 0 Å². The molecule has 0 aliphatic carbocycles. The van der Waals surface area contributed by atoms with Gasteiger partial charge in [0.2, 0.25) is 0 Å². The van der Waals surface area contributed by atoms with Crippen LogP contribution in [0.1, 0.15) is 0 Å². The summed E-state index contributed by atoms with van der Waals surface area (Å²) in [4.78, 5) is 0. The van der Waals surface area contributed by atoms with Gasteiger partial charge in [-0.2, -0.15) is 4.09 Å². The molecule has 1 aromatic heterocycles. The highest BCUT2D eigenvalue weighted by molar-refractivity contribution is 7.78. The van der Waals surface area contributed by atoms with Gasteiger partial charge in [-0.15, -0.1) is 5.10 Å². The van der Waals surface area contributed by atoms with Crippen LogP contribution in [-0.4, -0.2) is 14.4 Å². The molecule has 3 nitrogen and oxygen atoms in total. The number of nitrogens with zero attached hydrogens (tertiary/aromatic N) is 3. The molecule has 0 unspecified atom stereocenters. The van der Waals surface area contributed by atoms with Gasteiger partial charge in [-0.3, -0.25) is 0 Å². The van der Waals surface area contributed by atoms with Gasteiger partial charge in [0.1, 0.15) is 0 Å². The molecule has 0 atom stereocenters. The molecule has 0 aromatic carbocycles. The fourth-order valence-electron chi connectivity index (χ4n) is 0.202. The third-order valence-electron chi connectivity index (χ3n) is 0.410. The van der Waals surface area contributed by atoms with Crippen molar-refractivity contribution in [2.45, 2.75) is 0 Å². The summed E-state index contributed by atoms with van der Waals surface area (Å²) in [5.74, 6) is 0. The lowest BCUT2D eigenvalue weighted by Gasteiger charge is -1.72. The van der Waals surface area contributed by atoms with Crippen LogP contribution >= 0.6 is 12.8 Å². The van der Waals surface area contributed by atoms with Gasteiger partial charge >= 0.3 is 0 Å². The Morgan fingerprint density at radius 2 is 2.50 bits per heavy atom. The van der Waals surface area contributed by atoms with Gasteiger partial charge < -0.3 is 0 Å². The van der Waals surface area contributed by atoms with Crippen molar-refractivity contribution < 1.29 is 0 Å². The molecule has 0 fully saturated rings. The van der Waals surface area contributed by atoms with Gasteiger partial charge in [0.25, 0.3) is 0 Å². The van der Waals surface area contributed by atoms with E-state index in [1.165, 1.54) is 4.09 Å². The molecule has 0 aliphatic rings. The van der Waals surface area contributed by atoms with Crippen molar-refractivity contribution in [3.63, 3.8) is 0 Å². The Labute approximate surface area is 40.5 Å². The largest absolute Gasteiger partial charge is 0.197 e. The molecule has 0 bridgehead atoms. The first-order valence-electron chi connectivity index (χ1n) is 1.45. The van der Waals surface area contributed by atoms with E-state index in [4.69, 9.17) is 0 Å². The SMILES string of the molecule is Sn1ccnn1. The fourth-order valence-corrected chi connectivity index (χ4v) is 0.308. The lowest BCUT2D eigenvalue weighted by molar-refractivity contribution is 0.897. The van der Waals surface area contributed by atoms with Crippen molar-refractivity contribution in [2.75, 3.05) is 0 Å². The smallest absolute Gasteiger partial charge is 0.0704 e. The number of aromatic nitrogens is 3. The molecule has 1 rings (SSSR count). The molecule has 1 heterocycles. The highest BCUT2D eigenvalue weighted by Crippen LogP contribution is 1.76. The molecule has 0 saturated heterocycles. The van der Waals surface area contributed by atoms with Crippen molar-refractivity contribution in [1.29, 1.82) is 0 Å².